The van der Waals surface area contributed by atoms with Gasteiger partial charge in [-0.2, -0.15) is 4.31 Å². The maximum absolute atomic E-state index is 13.0. The van der Waals surface area contributed by atoms with Crippen LogP contribution < -0.4 is 5.32 Å². The standard InChI is InChI=1S/C20H21ClN2O4S2/c1-2-13-28-18-6-4-3-5-17(18)22-20(24)15-7-8-16(21)19(14-15)29(25,26)23-9-11-27-12-10-23/h2-8,14H,1,9-13H2,(H,22,24). The van der Waals surface area contributed by atoms with Crippen molar-refractivity contribution in [3.8, 4) is 0 Å². The number of thioether (sulfide) groups is 1. The minimum absolute atomic E-state index is 0.0787. The largest absolute Gasteiger partial charge is 0.379 e. The summed E-state index contributed by atoms with van der Waals surface area (Å²) in [6.45, 7) is 4.87. The minimum atomic E-state index is -3.82. The Kier molecular flexibility index (Phi) is 7.37. The molecule has 0 spiro atoms. The van der Waals surface area contributed by atoms with E-state index in [9.17, 15) is 13.2 Å². The van der Waals surface area contributed by atoms with Gasteiger partial charge < -0.3 is 10.1 Å². The second kappa shape index (κ2) is 9.77. The van der Waals surface area contributed by atoms with E-state index in [0.29, 0.717) is 24.7 Å². The average molecular weight is 453 g/mol. The summed E-state index contributed by atoms with van der Waals surface area (Å²) in [7, 11) is -3.82. The summed E-state index contributed by atoms with van der Waals surface area (Å²) in [6.07, 6.45) is 1.78. The molecule has 0 atom stereocenters. The van der Waals surface area contributed by atoms with Gasteiger partial charge in [0, 0.05) is 29.3 Å². The third kappa shape index (κ3) is 5.21. The van der Waals surface area contributed by atoms with E-state index < -0.39 is 15.9 Å². The summed E-state index contributed by atoms with van der Waals surface area (Å²) in [5, 5.41) is 2.93. The lowest BCUT2D eigenvalue weighted by molar-refractivity contribution is 0.0730. The van der Waals surface area contributed by atoms with E-state index in [0.717, 1.165) is 4.90 Å². The van der Waals surface area contributed by atoms with E-state index in [4.69, 9.17) is 16.3 Å². The first-order valence-electron chi connectivity index (χ1n) is 8.95. The van der Waals surface area contributed by atoms with Crippen molar-refractivity contribution in [3.05, 3.63) is 65.7 Å². The lowest BCUT2D eigenvalue weighted by atomic mass is 10.2. The molecule has 154 valence electrons. The fourth-order valence-corrected chi connectivity index (χ4v) is 5.46. The van der Waals surface area contributed by atoms with Crippen molar-refractivity contribution < 1.29 is 17.9 Å². The minimum Gasteiger partial charge on any atom is -0.379 e. The smallest absolute Gasteiger partial charge is 0.255 e. The number of sulfonamides is 1. The van der Waals surface area contributed by atoms with Crippen molar-refractivity contribution in [1.82, 2.24) is 4.31 Å². The van der Waals surface area contributed by atoms with E-state index in [1.807, 2.05) is 18.2 Å². The first kappa shape index (κ1) is 21.9. The summed E-state index contributed by atoms with van der Waals surface area (Å²) in [4.78, 5) is 13.6. The predicted octanol–water partition coefficient (Wildman–Crippen LogP) is 3.89. The van der Waals surface area contributed by atoms with Crippen LogP contribution in [0.4, 0.5) is 5.69 Å². The number of halogens is 1. The predicted molar refractivity (Wildman–Crippen MR) is 116 cm³/mol. The van der Waals surface area contributed by atoms with Crippen molar-refractivity contribution in [2.24, 2.45) is 0 Å². The molecule has 0 bridgehead atoms. The molecule has 2 aromatic rings. The van der Waals surface area contributed by atoms with Gasteiger partial charge in [-0.25, -0.2) is 8.42 Å². The Morgan fingerprint density at radius 2 is 1.97 bits per heavy atom. The van der Waals surface area contributed by atoms with E-state index in [1.54, 1.807) is 23.9 Å². The fraction of sp³-hybridized carbons (Fsp3) is 0.250. The highest BCUT2D eigenvalue weighted by atomic mass is 35.5. The van der Waals surface area contributed by atoms with Crippen LogP contribution in [0.5, 0.6) is 0 Å². The van der Waals surface area contributed by atoms with Crippen molar-refractivity contribution in [1.29, 1.82) is 0 Å². The van der Waals surface area contributed by atoms with Gasteiger partial charge in [0.15, 0.2) is 0 Å². The molecule has 1 aliphatic heterocycles. The SMILES string of the molecule is C=CCSc1ccccc1NC(=O)c1ccc(Cl)c(S(=O)(=O)N2CCOCC2)c1. The molecule has 6 nitrogen and oxygen atoms in total. The second-order valence-electron chi connectivity index (χ2n) is 6.21. The maximum atomic E-state index is 13.0. The molecule has 0 aliphatic carbocycles. The van der Waals surface area contributed by atoms with Crippen molar-refractivity contribution >= 4 is 45.0 Å². The maximum Gasteiger partial charge on any atom is 0.255 e. The Balaban J connectivity index is 1.86. The Bertz CT molecular complexity index is 1010. The van der Waals surface area contributed by atoms with Crippen LogP contribution in [-0.2, 0) is 14.8 Å². The third-order valence-electron chi connectivity index (χ3n) is 4.27. The number of para-hydroxylation sites is 1. The second-order valence-corrected chi connectivity index (χ2v) is 9.59. The normalized spacial score (nSPS) is 15.1. The summed E-state index contributed by atoms with van der Waals surface area (Å²) < 4.78 is 32.4. The van der Waals surface area contributed by atoms with E-state index in [-0.39, 0.29) is 28.6 Å². The van der Waals surface area contributed by atoms with Crippen molar-refractivity contribution in [2.45, 2.75) is 9.79 Å². The molecular formula is C20H21ClN2O4S2. The summed E-state index contributed by atoms with van der Waals surface area (Å²) in [5.74, 6) is 0.294. The Morgan fingerprint density at radius 3 is 2.69 bits per heavy atom. The van der Waals surface area contributed by atoms with Crippen LogP contribution in [0.3, 0.4) is 0 Å². The van der Waals surface area contributed by atoms with Gasteiger partial charge in [-0.05, 0) is 30.3 Å². The van der Waals surface area contributed by atoms with Gasteiger partial charge in [-0.15, -0.1) is 18.3 Å². The van der Waals surface area contributed by atoms with E-state index in [2.05, 4.69) is 11.9 Å². The van der Waals surface area contributed by atoms with Gasteiger partial charge in [0.1, 0.15) is 4.90 Å². The van der Waals surface area contributed by atoms with Crippen LogP contribution in [0, 0.1) is 0 Å². The number of amides is 1. The number of rotatable bonds is 7. The van der Waals surface area contributed by atoms with Gasteiger partial charge in [0.2, 0.25) is 10.0 Å². The molecule has 0 unspecified atom stereocenters. The number of benzene rings is 2. The first-order valence-corrected chi connectivity index (χ1v) is 11.8. The van der Waals surface area contributed by atoms with Crippen LogP contribution >= 0.6 is 23.4 Å². The average Bonchev–Trinajstić information content (AvgIpc) is 2.74. The van der Waals surface area contributed by atoms with Crippen LogP contribution in [0.1, 0.15) is 10.4 Å². The van der Waals surface area contributed by atoms with Crippen LogP contribution in [0.25, 0.3) is 0 Å². The molecule has 1 saturated heterocycles. The molecule has 1 N–H and O–H groups in total. The zero-order valence-electron chi connectivity index (χ0n) is 15.6. The number of carbonyl (C=O) groups is 1. The third-order valence-corrected chi connectivity index (χ3v) is 7.72. The first-order chi connectivity index (χ1) is 13.9. The zero-order valence-corrected chi connectivity index (χ0v) is 18.0. The number of nitrogens with one attached hydrogen (secondary N) is 1. The lowest BCUT2D eigenvalue weighted by Gasteiger charge is -2.26. The Morgan fingerprint density at radius 1 is 1.24 bits per heavy atom. The highest BCUT2D eigenvalue weighted by Gasteiger charge is 2.29. The van der Waals surface area contributed by atoms with E-state index in [1.165, 1.54) is 22.5 Å². The summed E-state index contributed by atoms with van der Waals surface area (Å²) in [6, 6.07) is 11.7. The number of nitrogens with zero attached hydrogens (tertiary/aromatic N) is 1. The van der Waals surface area contributed by atoms with Gasteiger partial charge >= 0.3 is 0 Å². The Labute approximate surface area is 179 Å². The molecule has 2 aromatic carbocycles. The Hall–Kier alpha value is -1.84. The van der Waals surface area contributed by atoms with Gasteiger partial charge in [-0.3, -0.25) is 4.79 Å². The molecule has 1 amide bonds. The number of anilines is 1. The molecule has 1 heterocycles. The highest BCUT2D eigenvalue weighted by Crippen LogP contribution is 2.29. The molecule has 9 heteroatoms. The number of ether oxygens (including phenoxy) is 1. The molecule has 3 rings (SSSR count). The van der Waals surface area contributed by atoms with Gasteiger partial charge in [0.25, 0.3) is 5.91 Å². The highest BCUT2D eigenvalue weighted by molar-refractivity contribution is 7.99. The summed E-state index contributed by atoms with van der Waals surface area (Å²) >= 11 is 7.71. The molecule has 0 radical (unpaired) electrons. The molecule has 1 fully saturated rings. The van der Waals surface area contributed by atoms with Gasteiger partial charge in [-0.1, -0.05) is 29.8 Å². The number of morpholine rings is 1. The number of hydrogen-bond donors (Lipinski definition) is 1. The van der Waals surface area contributed by atoms with E-state index >= 15 is 0 Å². The van der Waals surface area contributed by atoms with Crippen molar-refractivity contribution in [2.75, 3.05) is 37.4 Å². The zero-order chi connectivity index (χ0) is 20.9. The lowest BCUT2D eigenvalue weighted by Crippen LogP contribution is -2.40. The molecule has 0 saturated carbocycles. The quantitative estimate of drug-likeness (QED) is 0.509. The molecule has 29 heavy (non-hydrogen) atoms. The molecule has 1 aliphatic rings. The monoisotopic (exact) mass is 452 g/mol. The molecule has 0 aromatic heterocycles. The molecular weight excluding hydrogens is 432 g/mol. The van der Waals surface area contributed by atoms with Gasteiger partial charge in [0.05, 0.1) is 23.9 Å². The van der Waals surface area contributed by atoms with Crippen LogP contribution in [0.15, 0.2) is 64.9 Å². The van der Waals surface area contributed by atoms with Crippen LogP contribution in [-0.4, -0.2) is 50.7 Å². The van der Waals surface area contributed by atoms with Crippen LogP contribution in [0.2, 0.25) is 5.02 Å². The number of hydrogen-bond acceptors (Lipinski definition) is 5. The fourth-order valence-electron chi connectivity index (χ4n) is 2.81. The topological polar surface area (TPSA) is 75.7 Å². The van der Waals surface area contributed by atoms with Crippen molar-refractivity contribution in [3.63, 3.8) is 0 Å². The number of carbonyl (C=O) groups excluding carboxylic acids is 1. The summed E-state index contributed by atoms with van der Waals surface area (Å²) in [5.41, 5.74) is 0.863.